The highest BCUT2D eigenvalue weighted by Gasteiger charge is 2.27. The summed E-state index contributed by atoms with van der Waals surface area (Å²) in [6, 6.07) is 0. The van der Waals surface area contributed by atoms with Crippen LogP contribution in [0.15, 0.2) is 0 Å². The first-order valence-electron chi connectivity index (χ1n) is 7.15. The lowest BCUT2D eigenvalue weighted by molar-refractivity contribution is 0.187. The van der Waals surface area contributed by atoms with Gasteiger partial charge in [0, 0.05) is 26.2 Å². The molecule has 0 unspecified atom stereocenters. The quantitative estimate of drug-likeness (QED) is 0.783. The first-order valence-corrected chi connectivity index (χ1v) is 8.76. The van der Waals surface area contributed by atoms with Gasteiger partial charge < -0.3 is 10.6 Å². The van der Waals surface area contributed by atoms with Gasteiger partial charge >= 0.3 is 0 Å². The molecule has 0 amide bonds. The van der Waals surface area contributed by atoms with Crippen LogP contribution >= 0.6 is 0 Å². The number of piperazine rings is 1. The number of hydrogen-bond donors (Lipinski definition) is 1. The Hall–Kier alpha value is -0.170. The fourth-order valence-corrected chi connectivity index (χ4v) is 3.96. The lowest BCUT2D eigenvalue weighted by Gasteiger charge is -2.34. The predicted octanol–water partition coefficient (Wildman–Crippen LogP) is 0.719. The predicted molar refractivity (Wildman–Crippen MR) is 79.5 cm³/mol. The van der Waals surface area contributed by atoms with Gasteiger partial charge in [-0.15, -0.1) is 0 Å². The van der Waals surface area contributed by atoms with Gasteiger partial charge in [-0.2, -0.15) is 4.31 Å². The monoisotopic (exact) mass is 291 g/mol. The Morgan fingerprint density at radius 1 is 1.11 bits per heavy atom. The molecule has 5 nitrogen and oxygen atoms in total. The lowest BCUT2D eigenvalue weighted by atomic mass is 9.94. The van der Waals surface area contributed by atoms with E-state index in [0.29, 0.717) is 26.1 Å². The number of nitrogens with two attached hydrogens (primary N) is 1. The molecule has 6 heteroatoms. The third-order valence-electron chi connectivity index (χ3n) is 3.51. The molecule has 114 valence electrons. The molecule has 0 spiro atoms. The van der Waals surface area contributed by atoms with E-state index in [2.05, 4.69) is 25.7 Å². The summed E-state index contributed by atoms with van der Waals surface area (Å²) in [4.78, 5) is 2.29. The van der Waals surface area contributed by atoms with E-state index in [9.17, 15) is 8.42 Å². The molecule has 0 aliphatic carbocycles. The number of hydrogen-bond acceptors (Lipinski definition) is 4. The topological polar surface area (TPSA) is 66.6 Å². The molecule has 1 fully saturated rings. The molecule has 0 saturated carbocycles. The Kier molecular flexibility index (Phi) is 6.23. The Bertz CT molecular complexity index is 355. The van der Waals surface area contributed by atoms with Crippen molar-refractivity contribution >= 4 is 10.0 Å². The number of rotatable bonds is 6. The highest BCUT2D eigenvalue weighted by Crippen LogP contribution is 2.21. The van der Waals surface area contributed by atoms with E-state index in [4.69, 9.17) is 5.73 Å². The van der Waals surface area contributed by atoms with Crippen molar-refractivity contribution in [1.29, 1.82) is 0 Å². The van der Waals surface area contributed by atoms with Gasteiger partial charge in [-0.1, -0.05) is 20.8 Å². The van der Waals surface area contributed by atoms with E-state index < -0.39 is 10.0 Å². The van der Waals surface area contributed by atoms with E-state index in [1.807, 2.05) is 0 Å². The van der Waals surface area contributed by atoms with Crippen LogP contribution in [0.2, 0.25) is 0 Å². The van der Waals surface area contributed by atoms with Gasteiger partial charge in [0.05, 0.1) is 5.75 Å². The van der Waals surface area contributed by atoms with Crippen LogP contribution in [0, 0.1) is 5.41 Å². The van der Waals surface area contributed by atoms with Crippen molar-refractivity contribution in [3.8, 4) is 0 Å². The molecule has 1 saturated heterocycles. The summed E-state index contributed by atoms with van der Waals surface area (Å²) in [6.45, 7) is 10.8. The van der Waals surface area contributed by atoms with Gasteiger partial charge in [-0.05, 0) is 31.3 Å². The Morgan fingerprint density at radius 2 is 1.68 bits per heavy atom. The Balaban J connectivity index is 2.41. The minimum atomic E-state index is -3.08. The van der Waals surface area contributed by atoms with Crippen molar-refractivity contribution in [3.05, 3.63) is 0 Å². The van der Waals surface area contributed by atoms with Crippen LogP contribution in [0.5, 0.6) is 0 Å². The molecular formula is C13H29N3O2S. The maximum atomic E-state index is 12.2. The second-order valence-corrected chi connectivity index (χ2v) is 8.60. The molecule has 0 bridgehead atoms. The van der Waals surface area contributed by atoms with Gasteiger partial charge in [-0.25, -0.2) is 8.42 Å². The maximum absolute atomic E-state index is 12.2. The molecule has 19 heavy (non-hydrogen) atoms. The van der Waals surface area contributed by atoms with Crippen LogP contribution in [-0.4, -0.2) is 62.6 Å². The van der Waals surface area contributed by atoms with Gasteiger partial charge in [0.15, 0.2) is 0 Å². The maximum Gasteiger partial charge on any atom is 0.214 e. The van der Waals surface area contributed by atoms with Crippen molar-refractivity contribution in [2.24, 2.45) is 11.1 Å². The average molecular weight is 291 g/mol. The molecule has 0 aromatic rings. The van der Waals surface area contributed by atoms with Crippen molar-refractivity contribution < 1.29 is 8.42 Å². The molecule has 0 radical (unpaired) electrons. The second kappa shape index (κ2) is 7.02. The van der Waals surface area contributed by atoms with Crippen LogP contribution in [0.1, 0.15) is 33.6 Å². The summed E-state index contributed by atoms with van der Waals surface area (Å²) in [6.07, 6.45) is 1.69. The van der Waals surface area contributed by atoms with Gasteiger partial charge in [0.2, 0.25) is 10.0 Å². The molecule has 1 rings (SSSR count). The minimum Gasteiger partial charge on any atom is -0.330 e. The summed E-state index contributed by atoms with van der Waals surface area (Å²) >= 11 is 0. The first kappa shape index (κ1) is 16.9. The summed E-state index contributed by atoms with van der Waals surface area (Å²) in [7, 11) is -3.08. The van der Waals surface area contributed by atoms with E-state index >= 15 is 0 Å². The molecule has 1 aliphatic rings. The summed E-state index contributed by atoms with van der Waals surface area (Å²) in [5.74, 6) is 0.263. The van der Waals surface area contributed by atoms with Crippen LogP contribution in [0.3, 0.4) is 0 Å². The van der Waals surface area contributed by atoms with Gasteiger partial charge in [-0.3, -0.25) is 0 Å². The molecular weight excluding hydrogens is 262 g/mol. The van der Waals surface area contributed by atoms with Crippen LogP contribution in [0.4, 0.5) is 0 Å². The van der Waals surface area contributed by atoms with E-state index in [1.54, 1.807) is 4.31 Å². The zero-order chi connectivity index (χ0) is 14.5. The third kappa shape index (κ3) is 6.21. The van der Waals surface area contributed by atoms with Gasteiger partial charge in [0.1, 0.15) is 0 Å². The molecule has 1 heterocycles. The number of sulfonamides is 1. The third-order valence-corrected chi connectivity index (χ3v) is 5.39. The summed E-state index contributed by atoms with van der Waals surface area (Å²) in [5, 5.41) is 0. The van der Waals surface area contributed by atoms with E-state index in [1.165, 1.54) is 0 Å². The Labute approximate surface area is 118 Å². The van der Waals surface area contributed by atoms with E-state index in [-0.39, 0.29) is 11.2 Å². The standard InChI is InChI=1S/C13H29N3O2S/c1-13(2,3)5-12-19(17,18)16-10-8-15(9-11-16)7-4-6-14/h4-12,14H2,1-3H3. The van der Waals surface area contributed by atoms with Gasteiger partial charge in [0.25, 0.3) is 0 Å². The molecule has 0 aromatic carbocycles. The normalized spacial score (nSPS) is 19.8. The summed E-state index contributed by atoms with van der Waals surface area (Å²) in [5.41, 5.74) is 5.56. The zero-order valence-corrected chi connectivity index (χ0v) is 13.4. The Morgan fingerprint density at radius 3 is 2.16 bits per heavy atom. The van der Waals surface area contributed by atoms with Crippen LogP contribution in [-0.2, 0) is 10.0 Å². The van der Waals surface area contributed by atoms with Crippen LogP contribution in [0.25, 0.3) is 0 Å². The van der Waals surface area contributed by atoms with E-state index in [0.717, 1.165) is 26.1 Å². The molecule has 0 atom stereocenters. The van der Waals surface area contributed by atoms with Crippen molar-refractivity contribution in [1.82, 2.24) is 9.21 Å². The lowest BCUT2D eigenvalue weighted by Crippen LogP contribution is -2.49. The molecule has 0 aromatic heterocycles. The smallest absolute Gasteiger partial charge is 0.214 e. The zero-order valence-electron chi connectivity index (χ0n) is 12.6. The van der Waals surface area contributed by atoms with Crippen molar-refractivity contribution in [3.63, 3.8) is 0 Å². The highest BCUT2D eigenvalue weighted by atomic mass is 32.2. The average Bonchev–Trinajstić information content (AvgIpc) is 2.34. The minimum absolute atomic E-state index is 0.0655. The fourth-order valence-electron chi connectivity index (χ4n) is 2.11. The molecule has 2 N–H and O–H groups in total. The SMILES string of the molecule is CC(C)(C)CCS(=O)(=O)N1CCN(CCCN)CC1. The van der Waals surface area contributed by atoms with Crippen molar-refractivity contribution in [2.75, 3.05) is 45.0 Å². The highest BCUT2D eigenvalue weighted by molar-refractivity contribution is 7.89. The first-order chi connectivity index (χ1) is 8.74. The fraction of sp³-hybridized carbons (Fsp3) is 1.00. The molecule has 1 aliphatic heterocycles. The number of nitrogens with zero attached hydrogens (tertiary/aromatic N) is 2. The largest absolute Gasteiger partial charge is 0.330 e. The second-order valence-electron chi connectivity index (χ2n) is 6.51. The summed E-state index contributed by atoms with van der Waals surface area (Å²) < 4.78 is 26.1. The van der Waals surface area contributed by atoms with Crippen molar-refractivity contribution in [2.45, 2.75) is 33.6 Å². The van der Waals surface area contributed by atoms with Crippen LogP contribution < -0.4 is 5.73 Å².